The van der Waals surface area contributed by atoms with E-state index in [9.17, 15) is 4.79 Å². The van der Waals surface area contributed by atoms with Crippen LogP contribution in [0.2, 0.25) is 0 Å². The molecule has 0 aliphatic heterocycles. The SMILES string of the molecule is NCCCC(=O)O.[GeH4]. The normalized spacial score (nSPS) is 7.62. The van der Waals surface area contributed by atoms with Gasteiger partial charge in [-0.2, -0.15) is 0 Å². The Labute approximate surface area is 59.2 Å². The van der Waals surface area contributed by atoms with Gasteiger partial charge in [0.2, 0.25) is 0 Å². The number of hydrogen-bond acceptors (Lipinski definition) is 2. The Kier molecular flexibility index (Phi) is 9.47. The Hall–Kier alpha value is -0.0271. The topological polar surface area (TPSA) is 63.3 Å². The minimum atomic E-state index is -0.773. The zero-order valence-corrected chi connectivity index (χ0v) is 4.05. The Balaban J connectivity index is 0. The van der Waals surface area contributed by atoms with Gasteiger partial charge >= 0.3 is 23.6 Å². The Morgan fingerprint density at radius 2 is 2.12 bits per heavy atom. The van der Waals surface area contributed by atoms with Crippen LogP contribution in [-0.4, -0.2) is 35.2 Å². The molecule has 0 fully saturated rings. The molecule has 0 radical (unpaired) electrons. The Bertz CT molecular complexity index is 67.1. The molecule has 0 saturated heterocycles. The first kappa shape index (κ1) is 10.9. The quantitative estimate of drug-likeness (QED) is 0.511. The number of hydrogen-bond donors (Lipinski definition) is 2. The molecule has 50 valence electrons. The van der Waals surface area contributed by atoms with E-state index in [0.717, 1.165) is 0 Å². The third-order valence-electron chi connectivity index (χ3n) is 0.595. The van der Waals surface area contributed by atoms with Gasteiger partial charge in [-0.15, -0.1) is 0 Å². The number of aliphatic carboxylic acids is 1. The van der Waals surface area contributed by atoms with Crippen LogP contribution in [0.3, 0.4) is 0 Å². The van der Waals surface area contributed by atoms with Crippen LogP contribution in [-0.2, 0) is 4.79 Å². The van der Waals surface area contributed by atoms with Gasteiger partial charge < -0.3 is 10.8 Å². The summed E-state index contributed by atoms with van der Waals surface area (Å²) in [7, 11) is 0. The van der Waals surface area contributed by atoms with Crippen molar-refractivity contribution in [2.75, 3.05) is 6.54 Å². The summed E-state index contributed by atoms with van der Waals surface area (Å²) in [6.07, 6.45) is 0.770. The van der Waals surface area contributed by atoms with Gasteiger partial charge in [-0.05, 0) is 13.0 Å². The molecule has 0 heterocycles. The number of nitrogens with two attached hydrogens (primary N) is 1. The zero-order chi connectivity index (χ0) is 5.70. The summed E-state index contributed by atoms with van der Waals surface area (Å²) in [5, 5.41) is 7.99. The second-order valence-electron chi connectivity index (χ2n) is 1.29. The maximum absolute atomic E-state index is 9.70. The van der Waals surface area contributed by atoms with Crippen LogP contribution >= 0.6 is 0 Å². The van der Waals surface area contributed by atoms with Crippen LogP contribution in [0.15, 0.2) is 0 Å². The molecule has 0 saturated carbocycles. The molecule has 0 spiro atoms. The van der Waals surface area contributed by atoms with E-state index >= 15 is 0 Å². The second-order valence-corrected chi connectivity index (χ2v) is 1.29. The van der Waals surface area contributed by atoms with Crippen LogP contribution in [0.5, 0.6) is 0 Å². The molecule has 0 unspecified atom stereocenters. The average Bonchev–Trinajstić information content (AvgIpc) is 1.61. The summed E-state index contributed by atoms with van der Waals surface area (Å²) in [5.41, 5.74) is 5.01. The van der Waals surface area contributed by atoms with Crippen molar-refractivity contribution in [3.63, 3.8) is 0 Å². The van der Waals surface area contributed by atoms with Crippen molar-refractivity contribution >= 4 is 23.6 Å². The summed E-state index contributed by atoms with van der Waals surface area (Å²) in [4.78, 5) is 9.70. The summed E-state index contributed by atoms with van der Waals surface area (Å²) in [5.74, 6) is -0.773. The molecule has 4 heteroatoms. The van der Waals surface area contributed by atoms with E-state index in [0.29, 0.717) is 13.0 Å². The molecule has 3 nitrogen and oxygen atoms in total. The van der Waals surface area contributed by atoms with Gasteiger partial charge in [-0.3, -0.25) is 4.79 Å². The zero-order valence-electron chi connectivity index (χ0n) is 4.05. The van der Waals surface area contributed by atoms with Crippen molar-refractivity contribution < 1.29 is 9.90 Å². The second kappa shape index (κ2) is 6.97. The van der Waals surface area contributed by atoms with Crippen molar-refractivity contribution in [3.05, 3.63) is 0 Å². The number of carboxylic acids is 1. The average molecular weight is 180 g/mol. The maximum atomic E-state index is 9.70. The minimum absolute atomic E-state index is 0. The summed E-state index contributed by atoms with van der Waals surface area (Å²) < 4.78 is 0. The molecule has 0 atom stereocenters. The molecule has 0 amide bonds. The predicted octanol–water partition coefficient (Wildman–Crippen LogP) is -1.64. The monoisotopic (exact) mass is 181 g/mol. The van der Waals surface area contributed by atoms with Crippen LogP contribution in [0.1, 0.15) is 12.8 Å². The van der Waals surface area contributed by atoms with Gasteiger partial charge in [-0.1, -0.05) is 0 Å². The van der Waals surface area contributed by atoms with Crippen molar-refractivity contribution in [2.24, 2.45) is 5.73 Å². The number of carbonyl (C=O) groups is 1. The van der Waals surface area contributed by atoms with E-state index < -0.39 is 5.97 Å². The van der Waals surface area contributed by atoms with E-state index in [-0.39, 0.29) is 24.0 Å². The van der Waals surface area contributed by atoms with Gasteiger partial charge in [0, 0.05) is 6.42 Å². The third kappa shape index (κ3) is 9.36. The van der Waals surface area contributed by atoms with Crippen molar-refractivity contribution in [2.45, 2.75) is 12.8 Å². The first-order valence-electron chi connectivity index (χ1n) is 2.19. The van der Waals surface area contributed by atoms with Crippen molar-refractivity contribution in [1.82, 2.24) is 0 Å². The van der Waals surface area contributed by atoms with Gasteiger partial charge in [0.25, 0.3) is 0 Å². The van der Waals surface area contributed by atoms with Crippen LogP contribution in [0.25, 0.3) is 0 Å². The fraction of sp³-hybridized carbons (Fsp3) is 0.750. The Morgan fingerprint density at radius 1 is 1.62 bits per heavy atom. The molecular weight excluding hydrogens is 167 g/mol. The summed E-state index contributed by atoms with van der Waals surface area (Å²) in [6, 6.07) is 0. The Morgan fingerprint density at radius 3 is 2.25 bits per heavy atom. The molecule has 8 heavy (non-hydrogen) atoms. The van der Waals surface area contributed by atoms with Gasteiger partial charge in [0.15, 0.2) is 0 Å². The number of rotatable bonds is 3. The van der Waals surface area contributed by atoms with E-state index in [2.05, 4.69) is 0 Å². The molecule has 0 rings (SSSR count). The van der Waals surface area contributed by atoms with Crippen molar-refractivity contribution in [3.8, 4) is 0 Å². The van der Waals surface area contributed by atoms with Crippen LogP contribution in [0.4, 0.5) is 0 Å². The molecule has 0 aliphatic carbocycles. The van der Waals surface area contributed by atoms with E-state index in [1.807, 2.05) is 0 Å². The fourth-order valence-corrected chi connectivity index (χ4v) is 0.253. The third-order valence-corrected chi connectivity index (χ3v) is 0.595. The molecule has 0 aromatic carbocycles. The van der Waals surface area contributed by atoms with E-state index in [4.69, 9.17) is 10.8 Å². The van der Waals surface area contributed by atoms with E-state index in [1.165, 1.54) is 0 Å². The number of carboxylic acid groups (broad SMARTS) is 1. The molecule has 0 aromatic heterocycles. The first-order chi connectivity index (χ1) is 3.27. The molecule has 0 aromatic rings. The van der Waals surface area contributed by atoms with Gasteiger partial charge in [0.05, 0.1) is 0 Å². The first-order valence-corrected chi connectivity index (χ1v) is 2.19. The fourth-order valence-electron chi connectivity index (χ4n) is 0.253. The predicted molar refractivity (Wildman–Crippen MR) is 37.3 cm³/mol. The van der Waals surface area contributed by atoms with E-state index in [1.54, 1.807) is 0 Å². The van der Waals surface area contributed by atoms with Crippen LogP contribution in [0, 0.1) is 0 Å². The molecule has 3 N–H and O–H groups in total. The summed E-state index contributed by atoms with van der Waals surface area (Å²) in [6.45, 7) is 0.465. The van der Waals surface area contributed by atoms with Gasteiger partial charge in [-0.25, -0.2) is 0 Å². The molecule has 0 bridgehead atoms. The van der Waals surface area contributed by atoms with Crippen LogP contribution < -0.4 is 5.73 Å². The van der Waals surface area contributed by atoms with Crippen molar-refractivity contribution in [1.29, 1.82) is 0 Å². The standard InChI is InChI=1S/C4H9NO2.GeH4/c5-3-1-2-4(6)7;/h1-3,5H2,(H,6,7);1H4. The molecule has 0 aliphatic rings. The summed E-state index contributed by atoms with van der Waals surface area (Å²) >= 11 is 0. The molecular formula is C4H13GeNO2. The van der Waals surface area contributed by atoms with Gasteiger partial charge in [0.1, 0.15) is 0 Å².